The van der Waals surface area contributed by atoms with Crippen LogP contribution in [0, 0.1) is 39.2 Å². The average molecular weight is 872 g/mol. The van der Waals surface area contributed by atoms with E-state index in [0.29, 0.717) is 16.8 Å². The fourth-order valence-electron chi connectivity index (χ4n) is 9.22. The van der Waals surface area contributed by atoms with Crippen LogP contribution in [0.1, 0.15) is 67.3 Å². The van der Waals surface area contributed by atoms with Crippen LogP contribution in [0.4, 0.5) is 39.8 Å². The van der Waals surface area contributed by atoms with E-state index in [4.69, 9.17) is 6.57 Å². The fourth-order valence-corrected chi connectivity index (χ4v) is 9.22. The third-order valence-electron chi connectivity index (χ3n) is 12.4. The Hall–Kier alpha value is -7.00. The number of anilines is 6. The Morgan fingerprint density at radius 1 is 0.559 bits per heavy atom. The molecule has 1 aromatic heterocycles. The zero-order valence-corrected chi connectivity index (χ0v) is 40.5. The number of para-hydroxylation sites is 3. The molecule has 0 atom stereocenters. The molecule has 1 heterocycles. The number of nitrogens with zero attached hydrogens (tertiary/aromatic N) is 5. The summed E-state index contributed by atoms with van der Waals surface area (Å²) in [5.41, 5.74) is 13.2. The van der Waals surface area contributed by atoms with Crippen LogP contribution < -0.4 is 52.6 Å². The molecule has 6 nitrogen and oxygen atoms in total. The number of aryl methyl sites for hydroxylation is 2. The molecule has 9 aromatic carbocycles. The molecule has 0 radical (unpaired) electrons. The molecule has 0 aliphatic rings. The zero-order valence-electron chi connectivity index (χ0n) is 40.5. The minimum absolute atomic E-state index is 0. The molecule has 0 bridgehead atoms. The van der Waals surface area contributed by atoms with Gasteiger partial charge in [-0.25, -0.2) is 4.85 Å². The topological polar surface area (TPSA) is 70.6 Å². The van der Waals surface area contributed by atoms with Crippen LogP contribution in [0.2, 0.25) is 0 Å². The van der Waals surface area contributed by atoms with Crippen LogP contribution >= 0.6 is 0 Å². The summed E-state index contributed by atoms with van der Waals surface area (Å²) in [5.74, 6) is 0.521. The van der Waals surface area contributed by atoms with Gasteiger partial charge in [0.15, 0.2) is 5.69 Å². The molecule has 0 spiro atoms. The average Bonchev–Trinajstić information content (AvgIpc) is 3.33. The summed E-state index contributed by atoms with van der Waals surface area (Å²) in [5, 5.41) is 29.1. The third kappa shape index (κ3) is 9.31. The number of nitriles is 1. The Labute approximate surface area is 425 Å². The second kappa shape index (κ2) is 21.3. The van der Waals surface area contributed by atoms with Gasteiger partial charge in [0.25, 0.3) is 0 Å². The van der Waals surface area contributed by atoms with Gasteiger partial charge >= 0.3 is 37.7 Å². The van der Waals surface area contributed by atoms with Crippen molar-refractivity contribution in [2.45, 2.75) is 53.4 Å². The Bertz CT molecular complexity index is 3260. The molecule has 0 fully saturated rings. The summed E-state index contributed by atoms with van der Waals surface area (Å²) in [6, 6.07) is 58.2. The molecule has 0 aliphatic heterocycles. The summed E-state index contributed by atoms with van der Waals surface area (Å²) in [7, 11) is 0. The number of fused-ring (bicyclic) bond motifs is 1. The van der Waals surface area contributed by atoms with E-state index in [9.17, 15) is 10.4 Å². The molecule has 10 rings (SSSR count). The first-order chi connectivity index (χ1) is 31.6. The quantitative estimate of drug-likeness (QED) is 0.0864. The maximum absolute atomic E-state index is 11.1. The second-order valence-corrected chi connectivity index (χ2v) is 17.2. The Kier molecular flexibility index (Phi) is 15.8. The first-order valence-corrected chi connectivity index (χ1v) is 22.1. The molecule has 0 aliphatic carbocycles. The molecule has 8 heteroatoms. The van der Waals surface area contributed by atoms with Gasteiger partial charge in [0, 0.05) is 39.7 Å². The minimum Gasteiger partial charge on any atom is -0.871 e. The van der Waals surface area contributed by atoms with Crippen LogP contribution in [0.3, 0.4) is 0 Å². The Balaban J connectivity index is 0.000000476. The molecule has 0 saturated carbocycles. The predicted octanol–water partition coefficient (Wildman–Crippen LogP) is 10.6. The molecule has 68 heavy (non-hydrogen) atoms. The summed E-state index contributed by atoms with van der Waals surface area (Å²) >= 11 is 0. The molecule has 0 saturated heterocycles. The van der Waals surface area contributed by atoms with Crippen molar-refractivity contribution in [3.8, 4) is 11.8 Å². The van der Waals surface area contributed by atoms with Gasteiger partial charge < -0.3 is 22.3 Å². The van der Waals surface area contributed by atoms with E-state index in [1.165, 1.54) is 60.6 Å². The van der Waals surface area contributed by atoms with Crippen molar-refractivity contribution in [2.75, 3.05) is 9.80 Å². The van der Waals surface area contributed by atoms with Crippen molar-refractivity contribution >= 4 is 83.0 Å². The van der Waals surface area contributed by atoms with Crippen molar-refractivity contribution in [2.24, 2.45) is 0 Å². The maximum Gasteiger partial charge on any atom is 1.00 e. The normalized spacial score (nSPS) is 10.7. The van der Waals surface area contributed by atoms with Crippen molar-refractivity contribution in [3.05, 3.63) is 217 Å². The van der Waals surface area contributed by atoms with E-state index in [0.717, 1.165) is 39.5 Å². The van der Waals surface area contributed by atoms with Gasteiger partial charge in [-0.2, -0.15) is 5.26 Å². The second-order valence-electron chi connectivity index (χ2n) is 17.2. The van der Waals surface area contributed by atoms with Gasteiger partial charge in [0.05, 0.1) is 35.1 Å². The maximum atomic E-state index is 11.1. The summed E-state index contributed by atoms with van der Waals surface area (Å²) in [6.45, 7) is 21.1. The first-order valence-electron chi connectivity index (χ1n) is 22.1. The van der Waals surface area contributed by atoms with Gasteiger partial charge in [-0.05, 0) is 142 Å². The monoisotopic (exact) mass is 871 g/mol. The standard InChI is InChI=1S/C50H42N4.C9H7NO.CH3.2Li/c1-31(2)43-28-47(53(45-14-10-8-12-33(45)5)37-20-16-35(30-51)17-21-37)41-26-24-40-44(32(3)4)29-48(42-27-25-39(43)49(41)50(40)42)54(46-15-11-9-13-34(46)6)38-22-18-36(52-7)19-23-38;11-8-5-1-3-7-4-2-6-10-9(7)8;;;/h8-29,31-32H,1-6H3;1-6,11H;1H3;;/q;;-1;2*+1/p-1. The smallest absolute Gasteiger partial charge is 0.871 e. The van der Waals surface area contributed by atoms with Crippen LogP contribution in [-0.4, -0.2) is 4.98 Å². The van der Waals surface area contributed by atoms with Crippen LogP contribution in [0.25, 0.3) is 48.1 Å². The number of aromatic nitrogens is 1. The summed E-state index contributed by atoms with van der Waals surface area (Å²) in [6.07, 6.45) is 1.63. The predicted molar refractivity (Wildman–Crippen MR) is 276 cm³/mol. The zero-order chi connectivity index (χ0) is 45.4. The molecule has 324 valence electrons. The SMILES string of the molecule is [C-]#[N+]c1ccc(N(c2ccccc2C)c2cc(C(C)C)c3ccc4c(N(c5ccc(C#N)cc5)c5ccccc5C)cc(C(C)C)c5ccc2c3c54)cc1.[CH3-].[Li+].[Li+].[O-]c1cccc2cccnc12. The summed E-state index contributed by atoms with van der Waals surface area (Å²) in [4.78, 5) is 12.4. The van der Waals surface area contributed by atoms with E-state index in [-0.39, 0.29) is 62.7 Å². The van der Waals surface area contributed by atoms with E-state index in [1.807, 2.05) is 42.5 Å². The van der Waals surface area contributed by atoms with Gasteiger partial charge in [0.1, 0.15) is 0 Å². The van der Waals surface area contributed by atoms with Crippen LogP contribution in [0.5, 0.6) is 5.75 Å². The molecule has 0 N–H and O–H groups in total. The Morgan fingerprint density at radius 3 is 1.46 bits per heavy atom. The van der Waals surface area contributed by atoms with Crippen molar-refractivity contribution in [3.63, 3.8) is 0 Å². The number of benzene rings is 9. The molecule has 10 aromatic rings. The van der Waals surface area contributed by atoms with Gasteiger partial charge in [-0.15, -0.1) is 0 Å². The summed E-state index contributed by atoms with van der Waals surface area (Å²) < 4.78 is 0. The number of pyridine rings is 1. The van der Waals surface area contributed by atoms with Gasteiger partial charge in [0.2, 0.25) is 0 Å². The molecular formula is C60H51Li2N5O. The largest absolute Gasteiger partial charge is 1.00 e. The Morgan fingerprint density at radius 2 is 1.01 bits per heavy atom. The van der Waals surface area contributed by atoms with E-state index >= 15 is 0 Å². The van der Waals surface area contributed by atoms with E-state index in [1.54, 1.807) is 12.3 Å². The van der Waals surface area contributed by atoms with Gasteiger partial charge in [-0.3, -0.25) is 4.98 Å². The molecule has 0 unspecified atom stereocenters. The van der Waals surface area contributed by atoms with E-state index < -0.39 is 0 Å². The van der Waals surface area contributed by atoms with Crippen LogP contribution in [0.15, 0.2) is 170 Å². The van der Waals surface area contributed by atoms with Crippen molar-refractivity contribution in [1.29, 1.82) is 5.26 Å². The van der Waals surface area contributed by atoms with Crippen molar-refractivity contribution in [1.82, 2.24) is 4.98 Å². The molecular weight excluding hydrogens is 821 g/mol. The third-order valence-corrected chi connectivity index (χ3v) is 12.4. The number of rotatable bonds is 8. The minimum atomic E-state index is -0.0110. The number of hydrogen-bond acceptors (Lipinski definition) is 5. The number of hydrogen-bond donors (Lipinski definition) is 0. The van der Waals surface area contributed by atoms with Crippen LogP contribution in [-0.2, 0) is 0 Å². The van der Waals surface area contributed by atoms with Gasteiger partial charge in [-0.1, -0.05) is 131 Å². The van der Waals surface area contributed by atoms with E-state index in [2.05, 4.69) is 176 Å². The first kappa shape index (κ1) is 50.4. The fraction of sp³-hybridized carbons (Fsp3) is 0.133. The van der Waals surface area contributed by atoms with Crippen molar-refractivity contribution < 1.29 is 42.8 Å². The molecule has 0 amide bonds.